The normalized spacial score (nSPS) is 11.6. The molecule has 0 amide bonds. The molecule has 5 heteroatoms. The molecule has 1 aromatic rings. The lowest BCUT2D eigenvalue weighted by Crippen LogP contribution is -2.38. The minimum atomic E-state index is 0.875. The Labute approximate surface area is 120 Å². The van der Waals surface area contributed by atoms with Gasteiger partial charge in [-0.25, -0.2) is 4.98 Å². The number of hydrogen-bond acceptors (Lipinski definition) is 3. The van der Waals surface area contributed by atoms with Crippen LogP contribution >= 0.6 is 11.3 Å². The number of thiazole rings is 1. The van der Waals surface area contributed by atoms with Crippen LogP contribution in [0.15, 0.2) is 10.4 Å². The van der Waals surface area contributed by atoms with Gasteiger partial charge in [0.15, 0.2) is 5.96 Å². The van der Waals surface area contributed by atoms with Crippen molar-refractivity contribution in [1.82, 2.24) is 15.6 Å². The quantitative estimate of drug-likeness (QED) is 0.438. The van der Waals surface area contributed by atoms with Crippen molar-refractivity contribution in [2.24, 2.45) is 4.99 Å². The Morgan fingerprint density at radius 2 is 2.05 bits per heavy atom. The molecule has 1 heterocycles. The first-order valence-corrected chi connectivity index (χ1v) is 8.05. The first-order chi connectivity index (χ1) is 9.30. The van der Waals surface area contributed by atoms with Crippen LogP contribution in [0.3, 0.4) is 0 Å². The van der Waals surface area contributed by atoms with E-state index in [9.17, 15) is 0 Å². The highest BCUT2D eigenvalue weighted by Crippen LogP contribution is 2.10. The fraction of sp³-hybridized carbons (Fsp3) is 0.714. The van der Waals surface area contributed by atoms with Gasteiger partial charge in [0.05, 0.1) is 10.7 Å². The number of rotatable bonds is 8. The lowest BCUT2D eigenvalue weighted by atomic mass is 10.2. The van der Waals surface area contributed by atoms with E-state index in [0.717, 1.165) is 31.9 Å². The van der Waals surface area contributed by atoms with Gasteiger partial charge in [0.1, 0.15) is 0 Å². The number of aliphatic imine (C=N–C) groups is 1. The second kappa shape index (κ2) is 9.78. The average molecular weight is 282 g/mol. The van der Waals surface area contributed by atoms with Crippen LogP contribution in [0.5, 0.6) is 0 Å². The lowest BCUT2D eigenvalue weighted by Gasteiger charge is -2.10. The van der Waals surface area contributed by atoms with E-state index < -0.39 is 0 Å². The highest BCUT2D eigenvalue weighted by molar-refractivity contribution is 7.09. The maximum Gasteiger partial charge on any atom is 0.190 e. The van der Waals surface area contributed by atoms with Crippen molar-refractivity contribution in [2.45, 2.75) is 46.0 Å². The summed E-state index contributed by atoms with van der Waals surface area (Å²) >= 11 is 1.75. The first kappa shape index (κ1) is 16.0. The SMILES string of the molecule is CCCCCNC(=NC)NCCc1csc(CC)n1. The Morgan fingerprint density at radius 1 is 1.26 bits per heavy atom. The topological polar surface area (TPSA) is 49.3 Å². The molecule has 0 radical (unpaired) electrons. The third kappa shape index (κ3) is 6.57. The third-order valence-corrected chi connectivity index (χ3v) is 3.91. The maximum absolute atomic E-state index is 4.56. The van der Waals surface area contributed by atoms with Gasteiger partial charge in [-0.15, -0.1) is 11.3 Å². The molecule has 1 aromatic heterocycles. The first-order valence-electron chi connectivity index (χ1n) is 7.17. The monoisotopic (exact) mass is 282 g/mol. The summed E-state index contributed by atoms with van der Waals surface area (Å²) < 4.78 is 0. The van der Waals surface area contributed by atoms with E-state index in [2.05, 4.69) is 39.8 Å². The summed E-state index contributed by atoms with van der Waals surface area (Å²) in [5, 5.41) is 10.0. The minimum absolute atomic E-state index is 0.875. The van der Waals surface area contributed by atoms with Crippen LogP contribution in [0.1, 0.15) is 43.8 Å². The molecule has 0 aliphatic carbocycles. The molecular weight excluding hydrogens is 256 g/mol. The highest BCUT2D eigenvalue weighted by atomic mass is 32.1. The van der Waals surface area contributed by atoms with Gasteiger partial charge in [0.25, 0.3) is 0 Å². The summed E-state index contributed by atoms with van der Waals surface area (Å²) in [7, 11) is 1.81. The minimum Gasteiger partial charge on any atom is -0.356 e. The average Bonchev–Trinajstić information content (AvgIpc) is 2.89. The molecule has 0 bridgehead atoms. The summed E-state index contributed by atoms with van der Waals surface area (Å²) in [6, 6.07) is 0. The number of aromatic nitrogens is 1. The number of guanidine groups is 1. The number of hydrogen-bond donors (Lipinski definition) is 2. The molecule has 0 atom stereocenters. The summed E-state index contributed by atoms with van der Waals surface area (Å²) in [5.41, 5.74) is 1.18. The molecule has 19 heavy (non-hydrogen) atoms. The van der Waals surface area contributed by atoms with Crippen molar-refractivity contribution in [3.8, 4) is 0 Å². The van der Waals surface area contributed by atoms with Crippen LogP contribution < -0.4 is 10.6 Å². The van der Waals surface area contributed by atoms with Crippen LogP contribution in [0.2, 0.25) is 0 Å². The van der Waals surface area contributed by atoms with E-state index in [4.69, 9.17) is 0 Å². The standard InChI is InChI=1S/C14H26N4S/c1-4-6-7-9-16-14(15-3)17-10-8-12-11-19-13(5-2)18-12/h11H,4-10H2,1-3H3,(H2,15,16,17). The molecule has 0 aliphatic rings. The number of nitrogens with zero attached hydrogens (tertiary/aromatic N) is 2. The number of unbranched alkanes of at least 4 members (excludes halogenated alkanes) is 2. The summed E-state index contributed by atoms with van der Waals surface area (Å²) in [6.07, 6.45) is 5.69. The van der Waals surface area contributed by atoms with Crippen LogP contribution in [0, 0.1) is 0 Å². The van der Waals surface area contributed by atoms with Crippen LogP contribution in [-0.2, 0) is 12.8 Å². The van der Waals surface area contributed by atoms with Crippen molar-refractivity contribution < 1.29 is 0 Å². The van der Waals surface area contributed by atoms with E-state index in [1.165, 1.54) is 30.0 Å². The zero-order chi connectivity index (χ0) is 13.9. The summed E-state index contributed by atoms with van der Waals surface area (Å²) in [5.74, 6) is 0.891. The van der Waals surface area contributed by atoms with E-state index in [0.29, 0.717) is 0 Å². The Morgan fingerprint density at radius 3 is 2.68 bits per heavy atom. The van der Waals surface area contributed by atoms with Gasteiger partial charge in [-0.1, -0.05) is 26.7 Å². The smallest absolute Gasteiger partial charge is 0.190 e. The second-order valence-electron chi connectivity index (χ2n) is 4.47. The van der Waals surface area contributed by atoms with Gasteiger partial charge in [-0.2, -0.15) is 0 Å². The second-order valence-corrected chi connectivity index (χ2v) is 5.41. The Balaban J connectivity index is 2.18. The Hall–Kier alpha value is -1.10. The molecule has 4 nitrogen and oxygen atoms in total. The van der Waals surface area contributed by atoms with Gasteiger partial charge in [-0.3, -0.25) is 4.99 Å². The van der Waals surface area contributed by atoms with Gasteiger partial charge >= 0.3 is 0 Å². The predicted octanol–water partition coefficient (Wildman–Crippen LogP) is 2.60. The maximum atomic E-state index is 4.56. The van der Waals surface area contributed by atoms with Crippen LogP contribution in [0.4, 0.5) is 0 Å². The lowest BCUT2D eigenvalue weighted by molar-refractivity contribution is 0.681. The largest absolute Gasteiger partial charge is 0.356 e. The summed E-state index contributed by atoms with van der Waals surface area (Å²) in [6.45, 7) is 6.22. The Bertz CT molecular complexity index is 373. The van der Waals surface area contributed by atoms with Crippen molar-refractivity contribution in [1.29, 1.82) is 0 Å². The molecular formula is C14H26N4S. The van der Waals surface area contributed by atoms with Gasteiger partial charge in [0.2, 0.25) is 0 Å². The van der Waals surface area contributed by atoms with Crippen molar-refractivity contribution in [3.05, 3.63) is 16.1 Å². The molecule has 0 spiro atoms. The van der Waals surface area contributed by atoms with Crippen molar-refractivity contribution >= 4 is 17.3 Å². The van der Waals surface area contributed by atoms with Gasteiger partial charge in [-0.05, 0) is 12.8 Å². The molecule has 0 saturated carbocycles. The van der Waals surface area contributed by atoms with Gasteiger partial charge < -0.3 is 10.6 Å². The molecule has 0 aliphatic heterocycles. The van der Waals surface area contributed by atoms with E-state index >= 15 is 0 Å². The van der Waals surface area contributed by atoms with Crippen molar-refractivity contribution in [2.75, 3.05) is 20.1 Å². The predicted molar refractivity (Wildman–Crippen MR) is 84.1 cm³/mol. The third-order valence-electron chi connectivity index (χ3n) is 2.87. The van der Waals surface area contributed by atoms with Gasteiger partial charge in [0, 0.05) is 31.9 Å². The Kier molecular flexibility index (Phi) is 8.21. The molecule has 0 unspecified atom stereocenters. The molecule has 108 valence electrons. The number of aryl methyl sites for hydroxylation is 1. The fourth-order valence-electron chi connectivity index (χ4n) is 1.74. The van der Waals surface area contributed by atoms with E-state index in [1.54, 1.807) is 11.3 Å². The molecule has 2 N–H and O–H groups in total. The van der Waals surface area contributed by atoms with E-state index in [1.807, 2.05) is 7.05 Å². The summed E-state index contributed by atoms with van der Waals surface area (Å²) in [4.78, 5) is 8.77. The van der Waals surface area contributed by atoms with Crippen molar-refractivity contribution in [3.63, 3.8) is 0 Å². The van der Waals surface area contributed by atoms with E-state index in [-0.39, 0.29) is 0 Å². The molecule has 0 saturated heterocycles. The number of nitrogens with one attached hydrogen (secondary N) is 2. The fourth-order valence-corrected chi connectivity index (χ4v) is 2.52. The molecule has 0 aromatic carbocycles. The zero-order valence-electron chi connectivity index (χ0n) is 12.3. The van der Waals surface area contributed by atoms with Crippen LogP contribution in [-0.4, -0.2) is 31.1 Å². The molecule has 1 rings (SSSR count). The molecule has 0 fully saturated rings. The zero-order valence-corrected chi connectivity index (χ0v) is 13.1. The highest BCUT2D eigenvalue weighted by Gasteiger charge is 2.01. The van der Waals surface area contributed by atoms with Crippen LogP contribution in [0.25, 0.3) is 0 Å².